The number of anilines is 1. The molecule has 2 rings (SSSR count). The van der Waals surface area contributed by atoms with E-state index in [4.69, 9.17) is 4.42 Å². The van der Waals surface area contributed by atoms with Gasteiger partial charge in [-0.15, -0.1) is 0 Å². The highest BCUT2D eigenvalue weighted by atomic mass is 16.4. The fraction of sp³-hybridized carbons (Fsp3) is 0.143. The topological polar surface area (TPSA) is 57.8 Å². The third kappa shape index (κ3) is 3.45. The third-order valence-electron chi connectivity index (χ3n) is 2.45. The van der Waals surface area contributed by atoms with Crippen molar-refractivity contribution in [3.8, 4) is 0 Å². The Bertz CT molecular complexity index is 573. The van der Waals surface area contributed by atoms with Gasteiger partial charge in [0.25, 0.3) is 5.91 Å². The number of carbonyl (C=O) groups is 1. The molecular formula is C14H15N3O2. The molecular weight excluding hydrogens is 242 g/mol. The second-order valence-electron chi connectivity index (χ2n) is 4.14. The Morgan fingerprint density at radius 1 is 1.21 bits per heavy atom. The van der Waals surface area contributed by atoms with Crippen molar-refractivity contribution in [3.63, 3.8) is 0 Å². The third-order valence-corrected chi connectivity index (χ3v) is 2.45. The lowest BCUT2D eigenvalue weighted by Crippen LogP contribution is -2.17. The second kappa shape index (κ2) is 5.86. The Labute approximate surface area is 111 Å². The molecule has 2 aromatic rings. The molecule has 1 aromatic heterocycles. The molecule has 0 radical (unpaired) electrons. The fourth-order valence-electron chi connectivity index (χ4n) is 1.46. The van der Waals surface area contributed by atoms with Gasteiger partial charge in [-0.25, -0.2) is 5.43 Å². The van der Waals surface area contributed by atoms with Gasteiger partial charge in [0.15, 0.2) is 5.88 Å². The summed E-state index contributed by atoms with van der Waals surface area (Å²) in [6.45, 7) is 0. The molecule has 0 fully saturated rings. The Morgan fingerprint density at radius 3 is 2.58 bits per heavy atom. The number of hydrogen-bond donors (Lipinski definition) is 1. The van der Waals surface area contributed by atoms with Crippen LogP contribution in [0.4, 0.5) is 5.88 Å². The number of benzene rings is 1. The first-order valence-electron chi connectivity index (χ1n) is 5.82. The van der Waals surface area contributed by atoms with Gasteiger partial charge in [-0.2, -0.15) is 5.10 Å². The number of nitrogens with zero attached hydrogens (tertiary/aromatic N) is 2. The van der Waals surface area contributed by atoms with E-state index in [1.165, 1.54) is 6.21 Å². The molecule has 1 heterocycles. The monoisotopic (exact) mass is 257 g/mol. The smallest absolute Gasteiger partial charge is 0.271 e. The Morgan fingerprint density at radius 2 is 1.95 bits per heavy atom. The summed E-state index contributed by atoms with van der Waals surface area (Å²) in [7, 11) is 3.77. The van der Waals surface area contributed by atoms with Crippen molar-refractivity contribution < 1.29 is 9.21 Å². The zero-order chi connectivity index (χ0) is 13.7. The number of amides is 1. The Kier molecular flexibility index (Phi) is 3.97. The minimum absolute atomic E-state index is 0.253. The summed E-state index contributed by atoms with van der Waals surface area (Å²) < 4.78 is 5.46. The van der Waals surface area contributed by atoms with E-state index in [2.05, 4.69) is 10.5 Å². The van der Waals surface area contributed by atoms with E-state index >= 15 is 0 Å². The SMILES string of the molecule is CN(C)c1ccc(/C=N/NC(=O)c2ccccc2)o1. The van der Waals surface area contributed by atoms with Crippen LogP contribution in [-0.4, -0.2) is 26.2 Å². The van der Waals surface area contributed by atoms with Gasteiger partial charge in [-0.3, -0.25) is 4.79 Å². The molecule has 0 unspecified atom stereocenters. The van der Waals surface area contributed by atoms with E-state index in [9.17, 15) is 4.79 Å². The van der Waals surface area contributed by atoms with Gasteiger partial charge in [-0.05, 0) is 18.2 Å². The summed E-state index contributed by atoms with van der Waals surface area (Å²) in [6, 6.07) is 12.5. The zero-order valence-electron chi connectivity index (χ0n) is 10.8. The summed E-state index contributed by atoms with van der Waals surface area (Å²) in [6.07, 6.45) is 1.47. The second-order valence-corrected chi connectivity index (χ2v) is 4.14. The highest BCUT2D eigenvalue weighted by molar-refractivity contribution is 5.94. The van der Waals surface area contributed by atoms with Crippen LogP contribution in [0.15, 0.2) is 52.0 Å². The average molecular weight is 257 g/mol. The lowest BCUT2D eigenvalue weighted by atomic mass is 10.2. The van der Waals surface area contributed by atoms with Gasteiger partial charge in [0.2, 0.25) is 0 Å². The number of carbonyl (C=O) groups excluding carboxylic acids is 1. The molecule has 0 spiro atoms. The van der Waals surface area contributed by atoms with E-state index < -0.39 is 0 Å². The molecule has 0 aliphatic heterocycles. The first kappa shape index (κ1) is 12.9. The van der Waals surface area contributed by atoms with Crippen LogP contribution in [-0.2, 0) is 0 Å². The van der Waals surface area contributed by atoms with Crippen LogP contribution in [0.1, 0.15) is 16.1 Å². The summed E-state index contributed by atoms with van der Waals surface area (Å²) >= 11 is 0. The lowest BCUT2D eigenvalue weighted by Gasteiger charge is -2.05. The van der Waals surface area contributed by atoms with Crippen molar-refractivity contribution in [2.75, 3.05) is 19.0 Å². The van der Waals surface area contributed by atoms with E-state index in [-0.39, 0.29) is 5.91 Å². The molecule has 0 aliphatic carbocycles. The van der Waals surface area contributed by atoms with Crippen molar-refractivity contribution in [2.45, 2.75) is 0 Å². The molecule has 5 nitrogen and oxygen atoms in total. The Balaban J connectivity index is 1.94. The van der Waals surface area contributed by atoms with Gasteiger partial charge in [-0.1, -0.05) is 18.2 Å². The molecule has 5 heteroatoms. The van der Waals surface area contributed by atoms with Crippen molar-refractivity contribution in [3.05, 3.63) is 53.8 Å². The Hall–Kier alpha value is -2.56. The van der Waals surface area contributed by atoms with Gasteiger partial charge in [0, 0.05) is 25.7 Å². The van der Waals surface area contributed by atoms with Crippen molar-refractivity contribution in [2.24, 2.45) is 5.10 Å². The quantitative estimate of drug-likeness (QED) is 0.674. The van der Waals surface area contributed by atoms with Crippen molar-refractivity contribution in [1.82, 2.24) is 5.43 Å². The molecule has 0 bridgehead atoms. The van der Waals surface area contributed by atoms with Crippen LogP contribution in [0.3, 0.4) is 0 Å². The maximum absolute atomic E-state index is 11.7. The molecule has 0 atom stereocenters. The minimum Gasteiger partial charge on any atom is -0.440 e. The minimum atomic E-state index is -0.253. The molecule has 98 valence electrons. The normalized spacial score (nSPS) is 10.6. The highest BCUT2D eigenvalue weighted by Gasteiger charge is 2.03. The summed E-state index contributed by atoms with van der Waals surface area (Å²) in [5.41, 5.74) is 3.01. The van der Waals surface area contributed by atoms with Crippen LogP contribution >= 0.6 is 0 Å². The maximum Gasteiger partial charge on any atom is 0.271 e. The zero-order valence-corrected chi connectivity index (χ0v) is 10.8. The molecule has 1 aromatic carbocycles. The lowest BCUT2D eigenvalue weighted by molar-refractivity contribution is 0.0955. The predicted molar refractivity (Wildman–Crippen MR) is 74.5 cm³/mol. The van der Waals surface area contributed by atoms with Crippen LogP contribution in [0.2, 0.25) is 0 Å². The molecule has 1 amide bonds. The number of hydrazone groups is 1. The first-order valence-corrected chi connectivity index (χ1v) is 5.82. The van der Waals surface area contributed by atoms with E-state index in [0.29, 0.717) is 11.3 Å². The van der Waals surface area contributed by atoms with Crippen LogP contribution in [0.5, 0.6) is 0 Å². The van der Waals surface area contributed by atoms with Gasteiger partial charge in [0.1, 0.15) is 5.76 Å². The summed E-state index contributed by atoms with van der Waals surface area (Å²) in [4.78, 5) is 13.5. The van der Waals surface area contributed by atoms with E-state index in [1.807, 2.05) is 31.1 Å². The van der Waals surface area contributed by atoms with Crippen LogP contribution in [0, 0.1) is 0 Å². The molecule has 1 N–H and O–H groups in total. The maximum atomic E-state index is 11.7. The van der Waals surface area contributed by atoms with Gasteiger partial charge in [0.05, 0.1) is 6.21 Å². The number of nitrogens with one attached hydrogen (secondary N) is 1. The van der Waals surface area contributed by atoms with Crippen LogP contribution < -0.4 is 10.3 Å². The van der Waals surface area contributed by atoms with Crippen molar-refractivity contribution >= 4 is 18.0 Å². The van der Waals surface area contributed by atoms with E-state index in [1.54, 1.807) is 30.3 Å². The van der Waals surface area contributed by atoms with Gasteiger partial charge < -0.3 is 9.32 Å². The standard InChI is InChI=1S/C14H15N3O2/c1-17(2)13-9-8-12(19-13)10-15-16-14(18)11-6-4-3-5-7-11/h3-10H,1-2H3,(H,16,18)/b15-10+. The molecule has 0 saturated carbocycles. The molecule has 0 saturated heterocycles. The largest absolute Gasteiger partial charge is 0.440 e. The van der Waals surface area contributed by atoms with Crippen molar-refractivity contribution in [1.29, 1.82) is 0 Å². The number of rotatable bonds is 4. The predicted octanol–water partition coefficient (Wildman–Crippen LogP) is 2.11. The average Bonchev–Trinajstić information content (AvgIpc) is 2.89. The summed E-state index contributed by atoms with van der Waals surface area (Å²) in [5, 5.41) is 3.85. The van der Waals surface area contributed by atoms with E-state index in [0.717, 1.165) is 5.88 Å². The number of furan rings is 1. The highest BCUT2D eigenvalue weighted by Crippen LogP contribution is 2.13. The number of hydrogen-bond acceptors (Lipinski definition) is 4. The van der Waals surface area contributed by atoms with Crippen LogP contribution in [0.25, 0.3) is 0 Å². The first-order chi connectivity index (χ1) is 9.16. The van der Waals surface area contributed by atoms with Gasteiger partial charge >= 0.3 is 0 Å². The fourth-order valence-corrected chi connectivity index (χ4v) is 1.46. The molecule has 19 heavy (non-hydrogen) atoms. The summed E-state index contributed by atoms with van der Waals surface area (Å²) in [5.74, 6) is 1.06. The molecule has 0 aliphatic rings.